The van der Waals surface area contributed by atoms with Gasteiger partial charge in [-0.05, 0) is 30.3 Å². The maximum absolute atomic E-state index is 12.7. The van der Waals surface area contributed by atoms with Crippen molar-refractivity contribution in [2.45, 2.75) is 13.2 Å². The molecule has 0 atom stereocenters. The molecule has 0 saturated carbocycles. The quantitative estimate of drug-likeness (QED) is 0.406. The van der Waals surface area contributed by atoms with Crippen molar-refractivity contribution in [1.82, 2.24) is 4.98 Å². The molecule has 1 aromatic heterocycles. The lowest BCUT2D eigenvalue weighted by atomic mass is 10.1. The van der Waals surface area contributed by atoms with E-state index in [1.54, 1.807) is 12.1 Å². The fourth-order valence-corrected chi connectivity index (χ4v) is 3.22. The summed E-state index contributed by atoms with van der Waals surface area (Å²) in [6.07, 6.45) is 1.31. The van der Waals surface area contributed by atoms with E-state index in [2.05, 4.69) is 14.5 Å². The van der Waals surface area contributed by atoms with Gasteiger partial charge in [0.05, 0.1) is 15.8 Å². The predicted molar refractivity (Wildman–Crippen MR) is 92.8 cm³/mol. The standard InChI is InChI=1S/C18H10F4N2O2S/c19-17(20)25-12-6-5-10(14(8-12)26-18(21)22)7-11(9-23)16-24-13-3-1-2-4-15(13)27-16/h1-8,17-18H/b11-7+. The third-order valence-electron chi connectivity index (χ3n) is 3.37. The van der Waals surface area contributed by atoms with Crippen molar-refractivity contribution < 1.29 is 27.0 Å². The number of alkyl halides is 4. The molecule has 3 rings (SSSR count). The van der Waals surface area contributed by atoms with Gasteiger partial charge in [-0.3, -0.25) is 0 Å². The van der Waals surface area contributed by atoms with Gasteiger partial charge in [-0.2, -0.15) is 22.8 Å². The molecular formula is C18H10F4N2O2S. The Bertz CT molecular complexity index is 995. The molecule has 9 heteroatoms. The molecule has 4 nitrogen and oxygen atoms in total. The van der Waals surface area contributed by atoms with Gasteiger partial charge < -0.3 is 9.47 Å². The molecule has 0 aliphatic carbocycles. The minimum atomic E-state index is -3.17. The molecule has 0 fully saturated rings. The SMILES string of the molecule is N#C/C(=C\c1ccc(OC(F)F)cc1OC(F)F)c1nc2ccccc2s1. The number of halogens is 4. The first kappa shape index (κ1) is 18.7. The highest BCUT2D eigenvalue weighted by atomic mass is 32.1. The number of hydrogen-bond donors (Lipinski definition) is 0. The Morgan fingerprint density at radius 2 is 1.81 bits per heavy atom. The first-order valence-corrected chi connectivity index (χ1v) is 8.29. The maximum Gasteiger partial charge on any atom is 0.387 e. The number of nitriles is 1. The average molecular weight is 394 g/mol. The molecule has 0 saturated heterocycles. The number of ether oxygens (including phenoxy) is 2. The predicted octanol–water partition coefficient (Wildman–Crippen LogP) is 5.56. The fraction of sp³-hybridized carbons (Fsp3) is 0.111. The number of thiazole rings is 1. The summed E-state index contributed by atoms with van der Waals surface area (Å²) < 4.78 is 59.4. The van der Waals surface area contributed by atoms with Crippen molar-refractivity contribution in [1.29, 1.82) is 5.26 Å². The van der Waals surface area contributed by atoms with E-state index < -0.39 is 19.0 Å². The van der Waals surface area contributed by atoms with Gasteiger partial charge in [0.15, 0.2) is 0 Å². The number of hydrogen-bond acceptors (Lipinski definition) is 5. The third kappa shape index (κ3) is 4.54. The average Bonchev–Trinajstić information content (AvgIpc) is 3.04. The number of allylic oxidation sites excluding steroid dienone is 1. The van der Waals surface area contributed by atoms with Crippen LogP contribution < -0.4 is 9.47 Å². The summed E-state index contributed by atoms with van der Waals surface area (Å²) in [6, 6.07) is 12.6. The Morgan fingerprint density at radius 3 is 2.48 bits per heavy atom. The minimum absolute atomic E-state index is 0.104. The van der Waals surface area contributed by atoms with Crippen molar-refractivity contribution in [2.75, 3.05) is 0 Å². The van der Waals surface area contributed by atoms with E-state index in [0.717, 1.165) is 10.8 Å². The highest BCUT2D eigenvalue weighted by molar-refractivity contribution is 7.19. The van der Waals surface area contributed by atoms with Crippen LogP contribution in [-0.2, 0) is 0 Å². The zero-order valence-corrected chi connectivity index (χ0v) is 14.2. The van der Waals surface area contributed by atoms with Crippen molar-refractivity contribution in [3.8, 4) is 17.6 Å². The summed E-state index contributed by atoms with van der Waals surface area (Å²) in [7, 11) is 0. The second kappa shape index (κ2) is 8.05. The van der Waals surface area contributed by atoms with Gasteiger partial charge in [-0.1, -0.05) is 12.1 Å². The molecule has 0 aliphatic heterocycles. The van der Waals surface area contributed by atoms with Crippen molar-refractivity contribution in [2.24, 2.45) is 0 Å². The smallest absolute Gasteiger partial charge is 0.387 e. The Morgan fingerprint density at radius 1 is 1.07 bits per heavy atom. The highest BCUT2D eigenvalue weighted by Crippen LogP contribution is 2.32. The molecule has 0 unspecified atom stereocenters. The molecule has 0 radical (unpaired) electrons. The van der Waals surface area contributed by atoms with Crippen molar-refractivity contribution in [3.63, 3.8) is 0 Å². The van der Waals surface area contributed by atoms with Crippen LogP contribution >= 0.6 is 11.3 Å². The van der Waals surface area contributed by atoms with Gasteiger partial charge in [0.1, 0.15) is 22.6 Å². The summed E-state index contributed by atoms with van der Waals surface area (Å²) in [5, 5.41) is 9.85. The number of fused-ring (bicyclic) bond motifs is 1. The second-order valence-electron chi connectivity index (χ2n) is 5.11. The number of aromatic nitrogens is 1. The lowest BCUT2D eigenvalue weighted by Gasteiger charge is -2.11. The Labute approximate surface area is 154 Å². The number of rotatable bonds is 6. The first-order chi connectivity index (χ1) is 13.0. The molecule has 1 heterocycles. The molecule has 0 aliphatic rings. The number of nitrogens with zero attached hydrogens (tertiary/aromatic N) is 2. The van der Waals surface area contributed by atoms with Crippen LogP contribution in [0.2, 0.25) is 0 Å². The largest absolute Gasteiger partial charge is 0.435 e. The summed E-state index contributed by atoms with van der Waals surface area (Å²) in [4.78, 5) is 4.34. The monoisotopic (exact) mass is 394 g/mol. The van der Waals surface area contributed by atoms with E-state index in [1.165, 1.54) is 29.5 Å². The summed E-state index contributed by atoms with van der Waals surface area (Å²) in [5.41, 5.74) is 0.925. The molecule has 0 N–H and O–H groups in total. The molecule has 3 aromatic rings. The first-order valence-electron chi connectivity index (χ1n) is 7.47. The third-order valence-corrected chi connectivity index (χ3v) is 4.44. The second-order valence-corrected chi connectivity index (χ2v) is 6.14. The van der Waals surface area contributed by atoms with Gasteiger partial charge in [-0.15, -0.1) is 11.3 Å². The van der Waals surface area contributed by atoms with Crippen LogP contribution in [0.15, 0.2) is 42.5 Å². The molecular weight excluding hydrogens is 384 g/mol. The zero-order chi connectivity index (χ0) is 19.4. The van der Waals surface area contributed by atoms with Crippen LogP contribution in [-0.4, -0.2) is 18.2 Å². The van der Waals surface area contributed by atoms with Crippen LogP contribution in [0.25, 0.3) is 21.9 Å². The molecule has 0 amide bonds. The van der Waals surface area contributed by atoms with Crippen LogP contribution in [0.4, 0.5) is 17.6 Å². The highest BCUT2D eigenvalue weighted by Gasteiger charge is 2.15. The molecule has 0 spiro atoms. The van der Waals surface area contributed by atoms with E-state index in [4.69, 9.17) is 0 Å². The van der Waals surface area contributed by atoms with Crippen LogP contribution in [0.1, 0.15) is 10.6 Å². The van der Waals surface area contributed by atoms with Crippen LogP contribution in [0.3, 0.4) is 0 Å². The van der Waals surface area contributed by atoms with Crippen LogP contribution in [0.5, 0.6) is 11.5 Å². The Balaban J connectivity index is 2.03. The summed E-state index contributed by atoms with van der Waals surface area (Å²) in [6.45, 7) is -6.28. The summed E-state index contributed by atoms with van der Waals surface area (Å²) in [5.74, 6) is -0.728. The van der Waals surface area contributed by atoms with E-state index in [0.29, 0.717) is 10.5 Å². The summed E-state index contributed by atoms with van der Waals surface area (Å²) >= 11 is 1.27. The lowest BCUT2D eigenvalue weighted by molar-refractivity contribution is -0.0543. The van der Waals surface area contributed by atoms with Gasteiger partial charge in [0, 0.05) is 11.6 Å². The Hall–Kier alpha value is -3.12. The number of para-hydroxylation sites is 1. The maximum atomic E-state index is 12.7. The normalized spacial score (nSPS) is 11.8. The van der Waals surface area contributed by atoms with Crippen LogP contribution in [0, 0.1) is 11.3 Å². The van der Waals surface area contributed by atoms with E-state index >= 15 is 0 Å². The molecule has 2 aromatic carbocycles. The lowest BCUT2D eigenvalue weighted by Crippen LogP contribution is -2.05. The fourth-order valence-electron chi connectivity index (χ4n) is 2.29. The molecule has 138 valence electrons. The van der Waals surface area contributed by atoms with Crippen molar-refractivity contribution in [3.05, 3.63) is 53.0 Å². The van der Waals surface area contributed by atoms with Crippen molar-refractivity contribution >= 4 is 33.2 Å². The van der Waals surface area contributed by atoms with E-state index in [-0.39, 0.29) is 16.9 Å². The van der Waals surface area contributed by atoms with E-state index in [9.17, 15) is 22.8 Å². The number of benzene rings is 2. The van der Waals surface area contributed by atoms with Gasteiger partial charge in [0.25, 0.3) is 0 Å². The topological polar surface area (TPSA) is 55.1 Å². The molecule has 0 bridgehead atoms. The molecule has 27 heavy (non-hydrogen) atoms. The van der Waals surface area contributed by atoms with Gasteiger partial charge in [0.2, 0.25) is 0 Å². The van der Waals surface area contributed by atoms with E-state index in [1.807, 2.05) is 18.2 Å². The van der Waals surface area contributed by atoms with Gasteiger partial charge in [-0.25, -0.2) is 4.98 Å². The zero-order valence-electron chi connectivity index (χ0n) is 13.4. The Kier molecular flexibility index (Phi) is 5.57. The minimum Gasteiger partial charge on any atom is -0.435 e. The van der Waals surface area contributed by atoms with Gasteiger partial charge >= 0.3 is 13.2 Å².